The third-order valence-corrected chi connectivity index (χ3v) is 3.98. The van der Waals surface area contributed by atoms with Crippen LogP contribution < -0.4 is 0 Å². The standard InChI is InChI=1S/C16H15N5/c1-10-13(9-20(2)19-10)16-18-14-7-11(8-17)3-6-15(14)21(16)12-4-5-12/h3,6-7,9,12H,4-5H2,1-2H3. The Morgan fingerprint density at radius 2 is 2.14 bits per heavy atom. The molecule has 104 valence electrons. The lowest BCUT2D eigenvalue weighted by atomic mass is 10.2. The van der Waals surface area contributed by atoms with Gasteiger partial charge in [-0.2, -0.15) is 10.4 Å². The minimum Gasteiger partial charge on any atom is -0.321 e. The normalized spacial score (nSPS) is 14.5. The summed E-state index contributed by atoms with van der Waals surface area (Å²) in [6.07, 6.45) is 4.40. The second-order valence-corrected chi connectivity index (χ2v) is 5.65. The van der Waals surface area contributed by atoms with Crippen molar-refractivity contribution in [2.24, 2.45) is 7.05 Å². The van der Waals surface area contributed by atoms with Gasteiger partial charge in [0.25, 0.3) is 0 Å². The maximum Gasteiger partial charge on any atom is 0.144 e. The number of hydrogen-bond donors (Lipinski definition) is 0. The van der Waals surface area contributed by atoms with E-state index in [0.29, 0.717) is 11.6 Å². The van der Waals surface area contributed by atoms with E-state index in [1.54, 1.807) is 0 Å². The monoisotopic (exact) mass is 277 g/mol. The zero-order valence-electron chi connectivity index (χ0n) is 12.0. The number of nitrogens with zero attached hydrogens (tertiary/aromatic N) is 5. The van der Waals surface area contributed by atoms with E-state index in [1.807, 2.05) is 43.0 Å². The van der Waals surface area contributed by atoms with E-state index < -0.39 is 0 Å². The topological polar surface area (TPSA) is 59.4 Å². The fraction of sp³-hybridized carbons (Fsp3) is 0.312. The van der Waals surface area contributed by atoms with Gasteiger partial charge in [0, 0.05) is 19.3 Å². The number of aryl methyl sites for hydroxylation is 2. The molecular formula is C16H15N5. The predicted octanol–water partition coefficient (Wildman–Crippen LogP) is 2.95. The summed E-state index contributed by atoms with van der Waals surface area (Å²) in [4.78, 5) is 4.79. The molecule has 0 saturated heterocycles. The van der Waals surface area contributed by atoms with E-state index in [-0.39, 0.29) is 0 Å². The number of hydrogen-bond acceptors (Lipinski definition) is 3. The average Bonchev–Trinajstić information content (AvgIpc) is 3.15. The molecule has 3 aromatic rings. The van der Waals surface area contributed by atoms with Crippen LogP contribution in [-0.4, -0.2) is 19.3 Å². The van der Waals surface area contributed by atoms with Crippen molar-refractivity contribution >= 4 is 11.0 Å². The van der Waals surface area contributed by atoms with Crippen molar-refractivity contribution in [3.05, 3.63) is 35.7 Å². The van der Waals surface area contributed by atoms with E-state index in [4.69, 9.17) is 10.2 Å². The van der Waals surface area contributed by atoms with Crippen molar-refractivity contribution in [2.45, 2.75) is 25.8 Å². The Morgan fingerprint density at radius 1 is 1.33 bits per heavy atom. The molecule has 1 saturated carbocycles. The number of aromatic nitrogens is 4. The number of imidazole rings is 1. The summed E-state index contributed by atoms with van der Waals surface area (Å²) in [7, 11) is 1.93. The molecule has 21 heavy (non-hydrogen) atoms. The Kier molecular flexibility index (Phi) is 2.43. The van der Waals surface area contributed by atoms with Gasteiger partial charge < -0.3 is 4.57 Å². The Labute approximate surface area is 122 Å². The molecule has 5 heteroatoms. The quantitative estimate of drug-likeness (QED) is 0.723. The highest BCUT2D eigenvalue weighted by atomic mass is 15.3. The summed E-state index contributed by atoms with van der Waals surface area (Å²) in [6.45, 7) is 2.01. The first kappa shape index (κ1) is 12.2. The largest absolute Gasteiger partial charge is 0.321 e. The van der Waals surface area contributed by atoms with Crippen LogP contribution in [0.1, 0.15) is 30.1 Å². The van der Waals surface area contributed by atoms with Crippen LogP contribution in [0.5, 0.6) is 0 Å². The zero-order chi connectivity index (χ0) is 14.6. The molecule has 2 heterocycles. The summed E-state index contributed by atoms with van der Waals surface area (Å²) < 4.78 is 4.13. The van der Waals surface area contributed by atoms with Gasteiger partial charge in [-0.15, -0.1) is 0 Å². The van der Waals surface area contributed by atoms with E-state index in [2.05, 4.69) is 15.7 Å². The Balaban J connectivity index is 2.02. The van der Waals surface area contributed by atoms with Gasteiger partial charge in [-0.3, -0.25) is 4.68 Å². The second-order valence-electron chi connectivity index (χ2n) is 5.65. The molecule has 0 bridgehead atoms. The molecule has 1 fully saturated rings. The third-order valence-electron chi connectivity index (χ3n) is 3.98. The first-order valence-electron chi connectivity index (χ1n) is 7.10. The van der Waals surface area contributed by atoms with Crippen LogP contribution in [0.25, 0.3) is 22.4 Å². The summed E-state index contributed by atoms with van der Waals surface area (Å²) in [5.41, 5.74) is 4.70. The van der Waals surface area contributed by atoms with Crippen molar-refractivity contribution in [2.75, 3.05) is 0 Å². The van der Waals surface area contributed by atoms with Crippen molar-refractivity contribution in [3.8, 4) is 17.5 Å². The SMILES string of the molecule is Cc1nn(C)cc1-c1nc2cc(C#N)ccc2n1C1CC1. The molecule has 2 aromatic heterocycles. The average molecular weight is 277 g/mol. The number of fused-ring (bicyclic) bond motifs is 1. The summed E-state index contributed by atoms with van der Waals surface area (Å²) in [5.74, 6) is 0.966. The van der Waals surface area contributed by atoms with Gasteiger partial charge in [0.15, 0.2) is 0 Å². The lowest BCUT2D eigenvalue weighted by molar-refractivity contribution is 0.756. The highest BCUT2D eigenvalue weighted by Gasteiger charge is 2.29. The van der Waals surface area contributed by atoms with Crippen molar-refractivity contribution in [3.63, 3.8) is 0 Å². The molecule has 5 nitrogen and oxygen atoms in total. The number of benzene rings is 1. The van der Waals surface area contributed by atoms with E-state index in [1.165, 1.54) is 12.8 Å². The molecule has 4 rings (SSSR count). The molecular weight excluding hydrogens is 262 g/mol. The maximum absolute atomic E-state index is 9.06. The molecule has 0 spiro atoms. The Bertz CT molecular complexity index is 889. The molecule has 0 unspecified atom stereocenters. The molecule has 1 aromatic carbocycles. The minimum atomic E-state index is 0.526. The maximum atomic E-state index is 9.06. The van der Waals surface area contributed by atoms with Gasteiger partial charge in [0.2, 0.25) is 0 Å². The predicted molar refractivity (Wildman–Crippen MR) is 79.7 cm³/mol. The van der Waals surface area contributed by atoms with Crippen molar-refractivity contribution in [1.82, 2.24) is 19.3 Å². The minimum absolute atomic E-state index is 0.526. The molecule has 1 aliphatic carbocycles. The third kappa shape index (κ3) is 1.83. The van der Waals surface area contributed by atoms with Crippen LogP contribution in [0.3, 0.4) is 0 Å². The first-order chi connectivity index (χ1) is 10.2. The highest BCUT2D eigenvalue weighted by Crippen LogP contribution is 2.41. The van der Waals surface area contributed by atoms with Crippen molar-refractivity contribution < 1.29 is 0 Å². The first-order valence-corrected chi connectivity index (χ1v) is 7.10. The molecule has 1 aliphatic rings. The summed E-state index contributed by atoms with van der Waals surface area (Å²) in [6, 6.07) is 8.44. The van der Waals surface area contributed by atoms with Gasteiger partial charge in [-0.1, -0.05) is 0 Å². The summed E-state index contributed by atoms with van der Waals surface area (Å²) >= 11 is 0. The van der Waals surface area contributed by atoms with E-state index >= 15 is 0 Å². The Hall–Kier alpha value is -2.61. The molecule has 0 radical (unpaired) electrons. The highest BCUT2D eigenvalue weighted by molar-refractivity contribution is 5.82. The van der Waals surface area contributed by atoms with Gasteiger partial charge in [-0.25, -0.2) is 4.98 Å². The number of nitriles is 1. The van der Waals surface area contributed by atoms with Gasteiger partial charge in [0.05, 0.1) is 33.9 Å². The van der Waals surface area contributed by atoms with Gasteiger partial charge in [0.1, 0.15) is 5.82 Å². The van der Waals surface area contributed by atoms with E-state index in [0.717, 1.165) is 28.1 Å². The molecule has 0 amide bonds. The Morgan fingerprint density at radius 3 is 2.76 bits per heavy atom. The van der Waals surface area contributed by atoms with Gasteiger partial charge in [-0.05, 0) is 38.0 Å². The lowest BCUT2D eigenvalue weighted by Gasteiger charge is -2.06. The smallest absolute Gasteiger partial charge is 0.144 e. The fourth-order valence-electron chi connectivity index (χ4n) is 2.88. The van der Waals surface area contributed by atoms with Gasteiger partial charge >= 0.3 is 0 Å². The van der Waals surface area contributed by atoms with E-state index in [9.17, 15) is 0 Å². The summed E-state index contributed by atoms with van der Waals surface area (Å²) in [5, 5.41) is 13.5. The molecule has 0 aliphatic heterocycles. The lowest BCUT2D eigenvalue weighted by Crippen LogP contribution is -1.97. The van der Waals surface area contributed by atoms with Crippen LogP contribution in [0.2, 0.25) is 0 Å². The number of rotatable bonds is 2. The van der Waals surface area contributed by atoms with Crippen LogP contribution in [0.4, 0.5) is 0 Å². The second kappa shape index (κ2) is 4.19. The van der Waals surface area contributed by atoms with Crippen LogP contribution in [-0.2, 0) is 7.05 Å². The van der Waals surface area contributed by atoms with Crippen LogP contribution >= 0.6 is 0 Å². The van der Waals surface area contributed by atoms with Crippen LogP contribution in [0.15, 0.2) is 24.4 Å². The zero-order valence-corrected chi connectivity index (χ0v) is 12.0. The fourth-order valence-corrected chi connectivity index (χ4v) is 2.88. The molecule has 0 atom stereocenters. The van der Waals surface area contributed by atoms with Crippen LogP contribution in [0, 0.1) is 18.3 Å². The molecule has 0 N–H and O–H groups in total. The van der Waals surface area contributed by atoms with Crippen molar-refractivity contribution in [1.29, 1.82) is 5.26 Å².